The van der Waals surface area contributed by atoms with Gasteiger partial charge in [-0.1, -0.05) is 48.0 Å². The van der Waals surface area contributed by atoms with Gasteiger partial charge in [0.2, 0.25) is 17.7 Å². The Hall–Kier alpha value is -5.46. The Morgan fingerprint density at radius 3 is 2.48 bits per heavy atom. The van der Waals surface area contributed by atoms with Gasteiger partial charge in [-0.05, 0) is 86.2 Å². The van der Waals surface area contributed by atoms with Crippen LogP contribution in [0.5, 0.6) is 0 Å². The number of halogens is 1. The Kier molecular flexibility index (Phi) is 8.59. The van der Waals surface area contributed by atoms with Crippen LogP contribution in [0.3, 0.4) is 0 Å². The highest BCUT2D eigenvalue weighted by Gasteiger charge is 2.39. The van der Waals surface area contributed by atoms with Gasteiger partial charge in [0.1, 0.15) is 22.9 Å². The first-order chi connectivity index (χ1) is 25.0. The second kappa shape index (κ2) is 13.3. The molecule has 2 atom stereocenters. The Labute approximate surface area is 308 Å². The molecule has 0 spiro atoms. The van der Waals surface area contributed by atoms with Crippen molar-refractivity contribution >= 4 is 58.0 Å². The fourth-order valence-electron chi connectivity index (χ4n) is 7.20. The number of aliphatic imine (C=N–C) groups is 1. The summed E-state index contributed by atoms with van der Waals surface area (Å²) in [4.78, 5) is 58.6. The topological polar surface area (TPSA) is 139 Å². The Morgan fingerprint density at radius 2 is 1.73 bits per heavy atom. The summed E-state index contributed by atoms with van der Waals surface area (Å²) in [6, 6.07) is 19.8. The Morgan fingerprint density at radius 1 is 0.981 bits per heavy atom. The average molecular weight is 732 g/mol. The summed E-state index contributed by atoms with van der Waals surface area (Å²) in [5, 5.41) is 15.9. The molecular formula is C39H34ClN7O4S. The largest absolute Gasteiger partial charge is 0.326 e. The number of anilines is 1. The molecule has 1 saturated heterocycles. The average Bonchev–Trinajstić information content (AvgIpc) is 3.72. The Balaban J connectivity index is 0.977. The number of piperidine rings is 1. The fraction of sp³-hybridized carbons (Fsp3) is 0.256. The molecular weight excluding hydrogens is 698 g/mol. The molecule has 262 valence electrons. The van der Waals surface area contributed by atoms with Crippen LogP contribution in [0, 0.1) is 20.8 Å². The van der Waals surface area contributed by atoms with Crippen LogP contribution < -0.4 is 10.6 Å². The summed E-state index contributed by atoms with van der Waals surface area (Å²) in [7, 11) is 0. The molecule has 5 aromatic rings. The van der Waals surface area contributed by atoms with Crippen molar-refractivity contribution in [3.63, 3.8) is 0 Å². The third-order valence-electron chi connectivity index (χ3n) is 9.97. The SMILES string of the molecule is Cc1sc2c(c1C)C(c1ccc(Cl)cc1)=N[C@@H](CC(=O)Nc1ccc(Cc3ccc4c(c3)CN(C3CCC(=O)NC3=O)C4=O)cc1)c1nnc(C)n1-2. The summed E-state index contributed by atoms with van der Waals surface area (Å²) in [5.74, 6) is 0.224. The molecule has 3 aromatic carbocycles. The number of amides is 4. The number of hydrogen-bond donors (Lipinski definition) is 2. The number of aryl methyl sites for hydroxylation is 2. The van der Waals surface area contributed by atoms with Crippen molar-refractivity contribution in [1.82, 2.24) is 25.0 Å². The van der Waals surface area contributed by atoms with Crippen LogP contribution in [0.15, 0.2) is 71.7 Å². The van der Waals surface area contributed by atoms with Gasteiger partial charge >= 0.3 is 0 Å². The molecule has 0 radical (unpaired) electrons. The van der Waals surface area contributed by atoms with E-state index >= 15 is 0 Å². The molecule has 0 saturated carbocycles. The van der Waals surface area contributed by atoms with Crippen molar-refractivity contribution < 1.29 is 19.2 Å². The van der Waals surface area contributed by atoms with E-state index in [9.17, 15) is 19.2 Å². The van der Waals surface area contributed by atoms with Crippen LogP contribution in [0.25, 0.3) is 5.00 Å². The van der Waals surface area contributed by atoms with Crippen molar-refractivity contribution in [2.45, 2.75) is 65.1 Å². The lowest BCUT2D eigenvalue weighted by Gasteiger charge is -2.29. The number of imide groups is 1. The van der Waals surface area contributed by atoms with E-state index < -0.39 is 18.0 Å². The summed E-state index contributed by atoms with van der Waals surface area (Å²) in [6.07, 6.45) is 1.23. The van der Waals surface area contributed by atoms with E-state index in [0.29, 0.717) is 41.5 Å². The number of thiophene rings is 1. The normalized spacial score (nSPS) is 18.0. The van der Waals surface area contributed by atoms with Crippen LogP contribution >= 0.6 is 22.9 Å². The molecule has 52 heavy (non-hydrogen) atoms. The van der Waals surface area contributed by atoms with Gasteiger partial charge in [-0.25, -0.2) is 0 Å². The van der Waals surface area contributed by atoms with Crippen molar-refractivity contribution in [2.24, 2.45) is 4.99 Å². The van der Waals surface area contributed by atoms with E-state index in [1.165, 1.54) is 4.88 Å². The van der Waals surface area contributed by atoms with Gasteiger partial charge in [-0.15, -0.1) is 21.5 Å². The third-order valence-corrected chi connectivity index (χ3v) is 11.4. The number of nitrogens with one attached hydrogen (secondary N) is 2. The first kappa shape index (κ1) is 33.7. The fourth-order valence-corrected chi connectivity index (χ4v) is 8.54. The zero-order valence-corrected chi connectivity index (χ0v) is 30.3. The van der Waals surface area contributed by atoms with E-state index in [-0.39, 0.29) is 30.6 Å². The van der Waals surface area contributed by atoms with Gasteiger partial charge in [0.25, 0.3) is 5.91 Å². The molecule has 2 aromatic heterocycles. The molecule has 1 fully saturated rings. The predicted molar refractivity (Wildman–Crippen MR) is 198 cm³/mol. The minimum Gasteiger partial charge on any atom is -0.326 e. The monoisotopic (exact) mass is 731 g/mol. The number of hydrogen-bond acceptors (Lipinski definition) is 8. The third kappa shape index (κ3) is 6.11. The summed E-state index contributed by atoms with van der Waals surface area (Å²) in [6.45, 7) is 6.43. The van der Waals surface area contributed by atoms with Crippen LogP contribution in [0.1, 0.15) is 85.6 Å². The zero-order chi connectivity index (χ0) is 36.3. The van der Waals surface area contributed by atoms with E-state index in [1.807, 2.05) is 78.2 Å². The lowest BCUT2D eigenvalue weighted by atomic mass is 9.99. The molecule has 1 unspecified atom stereocenters. The highest BCUT2D eigenvalue weighted by atomic mass is 35.5. The standard InChI is InChI=1S/C39H34ClN7O4S/c1-20-21(2)52-39-34(20)35(25-7-9-27(40)10-8-25)42-30(36-45-44-22(3)47(36)39)18-33(49)41-28-11-4-23(5-12-28)16-24-6-13-29-26(17-24)19-46(38(29)51)31-14-15-32(48)43-37(31)50/h4-13,17,30-31H,14-16,18-19H2,1-3H3,(H,41,49)(H,43,48,50)/t30-,31?/m0/s1. The van der Waals surface area contributed by atoms with Crippen LogP contribution in [-0.4, -0.2) is 55.0 Å². The summed E-state index contributed by atoms with van der Waals surface area (Å²) < 4.78 is 2.03. The number of carbonyl (C=O) groups excluding carboxylic acids is 4. The van der Waals surface area contributed by atoms with Gasteiger partial charge in [-0.3, -0.25) is 34.1 Å². The van der Waals surface area contributed by atoms with Crippen molar-refractivity contribution in [3.05, 3.63) is 127 Å². The van der Waals surface area contributed by atoms with E-state index in [2.05, 4.69) is 34.7 Å². The lowest BCUT2D eigenvalue weighted by Crippen LogP contribution is -2.52. The maximum atomic E-state index is 13.6. The molecule has 4 amide bonds. The first-order valence-corrected chi connectivity index (χ1v) is 18.2. The molecule has 2 N–H and O–H groups in total. The molecule has 0 aliphatic carbocycles. The summed E-state index contributed by atoms with van der Waals surface area (Å²) in [5.41, 5.74) is 7.99. The number of nitrogens with zero attached hydrogens (tertiary/aromatic N) is 5. The van der Waals surface area contributed by atoms with Gasteiger partial charge in [0.15, 0.2) is 5.82 Å². The Bertz CT molecular complexity index is 2330. The van der Waals surface area contributed by atoms with E-state index in [4.69, 9.17) is 16.6 Å². The molecule has 11 nitrogen and oxygen atoms in total. The molecule has 0 bridgehead atoms. The van der Waals surface area contributed by atoms with Crippen molar-refractivity contribution in [3.8, 4) is 5.00 Å². The molecule has 13 heteroatoms. The maximum Gasteiger partial charge on any atom is 0.255 e. The van der Waals surface area contributed by atoms with Crippen molar-refractivity contribution in [1.29, 1.82) is 0 Å². The van der Waals surface area contributed by atoms with Crippen LogP contribution in [0.4, 0.5) is 5.69 Å². The molecule has 5 heterocycles. The second-order valence-corrected chi connectivity index (χ2v) is 15.1. The van der Waals surface area contributed by atoms with Crippen molar-refractivity contribution in [2.75, 3.05) is 5.32 Å². The van der Waals surface area contributed by atoms with E-state index in [1.54, 1.807) is 16.2 Å². The van der Waals surface area contributed by atoms with Gasteiger partial charge in [0, 0.05) is 45.2 Å². The van der Waals surface area contributed by atoms with Crippen LogP contribution in [0.2, 0.25) is 5.02 Å². The zero-order valence-electron chi connectivity index (χ0n) is 28.7. The minimum absolute atomic E-state index is 0.0631. The number of fused-ring (bicyclic) bond motifs is 4. The van der Waals surface area contributed by atoms with Gasteiger partial charge in [-0.2, -0.15) is 0 Å². The number of aromatic nitrogens is 3. The number of carbonyl (C=O) groups is 4. The van der Waals surface area contributed by atoms with Gasteiger partial charge < -0.3 is 10.2 Å². The van der Waals surface area contributed by atoms with Crippen LogP contribution in [-0.2, 0) is 27.3 Å². The number of benzene rings is 3. The number of rotatable bonds is 7. The maximum absolute atomic E-state index is 13.6. The summed E-state index contributed by atoms with van der Waals surface area (Å²) >= 11 is 7.90. The molecule has 3 aliphatic rings. The highest BCUT2D eigenvalue weighted by Crippen LogP contribution is 2.40. The predicted octanol–water partition coefficient (Wildman–Crippen LogP) is 6.18. The molecule has 3 aliphatic heterocycles. The van der Waals surface area contributed by atoms with Gasteiger partial charge in [0.05, 0.1) is 12.1 Å². The minimum atomic E-state index is -0.645. The highest BCUT2D eigenvalue weighted by molar-refractivity contribution is 7.15. The quantitative estimate of drug-likeness (QED) is 0.192. The smallest absolute Gasteiger partial charge is 0.255 e. The first-order valence-electron chi connectivity index (χ1n) is 17.1. The second-order valence-electron chi connectivity index (χ2n) is 13.4. The molecule has 8 rings (SSSR count). The lowest BCUT2D eigenvalue weighted by molar-refractivity contribution is -0.137. The van der Waals surface area contributed by atoms with E-state index in [0.717, 1.165) is 49.9 Å².